The summed E-state index contributed by atoms with van der Waals surface area (Å²) in [7, 11) is 0. The molecule has 2 aromatic rings. The van der Waals surface area contributed by atoms with Crippen LogP contribution in [0.3, 0.4) is 0 Å². The van der Waals surface area contributed by atoms with Gasteiger partial charge >= 0.3 is 0 Å². The summed E-state index contributed by atoms with van der Waals surface area (Å²) in [4.78, 5) is 18.4. The van der Waals surface area contributed by atoms with Gasteiger partial charge in [0.2, 0.25) is 0 Å². The molecule has 0 bridgehead atoms. The third kappa shape index (κ3) is 3.76. The number of amides is 1. The van der Waals surface area contributed by atoms with E-state index >= 15 is 0 Å². The molecule has 1 aliphatic carbocycles. The van der Waals surface area contributed by atoms with Gasteiger partial charge in [-0.3, -0.25) is 4.79 Å². The number of aromatic nitrogens is 1. The Morgan fingerprint density at radius 2 is 2.00 bits per heavy atom. The van der Waals surface area contributed by atoms with Crippen LogP contribution in [0.25, 0.3) is 0 Å². The smallest absolute Gasteiger partial charge is 0.282 e. The van der Waals surface area contributed by atoms with Crippen LogP contribution in [0.1, 0.15) is 54.5 Å². The van der Waals surface area contributed by atoms with Crippen LogP contribution in [0.5, 0.6) is 0 Å². The highest BCUT2D eigenvalue weighted by molar-refractivity contribution is 7.09. The Labute approximate surface area is 160 Å². The molecule has 7 heteroatoms. The van der Waals surface area contributed by atoms with Crippen molar-refractivity contribution in [2.45, 2.75) is 52.5 Å². The van der Waals surface area contributed by atoms with Crippen LogP contribution in [0, 0.1) is 24.5 Å². The van der Waals surface area contributed by atoms with E-state index in [-0.39, 0.29) is 11.0 Å². The Bertz CT molecular complexity index is 936. The molecule has 1 aromatic heterocycles. The summed E-state index contributed by atoms with van der Waals surface area (Å²) in [5, 5.41) is -0.686. The summed E-state index contributed by atoms with van der Waals surface area (Å²) in [6.07, 6.45) is 2.34. The Morgan fingerprint density at radius 1 is 1.35 bits per heavy atom. The molecule has 1 aromatic carbocycles. The molecule has 0 radical (unpaired) electrons. The van der Waals surface area contributed by atoms with Gasteiger partial charge in [0.25, 0.3) is 5.91 Å². The lowest BCUT2D eigenvalue weighted by Gasteiger charge is -2.17. The first-order chi connectivity index (χ1) is 12.1. The number of benzene rings is 1. The molecule has 1 amide bonds. The summed E-state index contributed by atoms with van der Waals surface area (Å²) in [6, 6.07) is 2.06. The number of carbonyl (C=O) groups excluding carboxylic acids is 1. The van der Waals surface area contributed by atoms with Gasteiger partial charge < -0.3 is 4.57 Å². The highest BCUT2D eigenvalue weighted by Gasteiger charge is 2.27. The molecule has 1 saturated carbocycles. The van der Waals surface area contributed by atoms with E-state index < -0.39 is 22.6 Å². The third-order valence-corrected chi connectivity index (χ3v) is 6.39. The lowest BCUT2D eigenvalue weighted by Crippen LogP contribution is -2.20. The average molecular weight is 399 g/mol. The van der Waals surface area contributed by atoms with Gasteiger partial charge in [-0.05, 0) is 43.2 Å². The van der Waals surface area contributed by atoms with Crippen molar-refractivity contribution in [3.8, 4) is 0 Å². The van der Waals surface area contributed by atoms with Crippen LogP contribution in [-0.4, -0.2) is 10.5 Å². The van der Waals surface area contributed by atoms with Crippen LogP contribution in [-0.2, 0) is 12.0 Å². The van der Waals surface area contributed by atoms with Crippen molar-refractivity contribution in [3.05, 3.63) is 49.7 Å². The highest BCUT2D eigenvalue weighted by Crippen LogP contribution is 2.33. The quantitative estimate of drug-likeness (QED) is 0.651. The molecule has 1 aliphatic rings. The van der Waals surface area contributed by atoms with Gasteiger partial charge in [-0.25, -0.2) is 8.78 Å². The van der Waals surface area contributed by atoms with Crippen molar-refractivity contribution in [2.75, 3.05) is 0 Å². The Morgan fingerprint density at radius 3 is 2.58 bits per heavy atom. The van der Waals surface area contributed by atoms with Crippen LogP contribution >= 0.6 is 22.9 Å². The molecule has 0 N–H and O–H groups in total. The van der Waals surface area contributed by atoms with E-state index in [1.807, 2.05) is 11.5 Å². The molecule has 1 heterocycles. The topological polar surface area (TPSA) is 34.4 Å². The van der Waals surface area contributed by atoms with Crippen molar-refractivity contribution in [1.29, 1.82) is 0 Å². The van der Waals surface area contributed by atoms with Gasteiger partial charge in [0, 0.05) is 17.1 Å². The zero-order chi connectivity index (χ0) is 19.2. The Kier molecular flexibility index (Phi) is 5.10. The van der Waals surface area contributed by atoms with E-state index in [0.717, 1.165) is 29.2 Å². The van der Waals surface area contributed by atoms with Crippen molar-refractivity contribution >= 4 is 28.8 Å². The maximum Gasteiger partial charge on any atom is 0.282 e. The van der Waals surface area contributed by atoms with Crippen molar-refractivity contribution in [2.24, 2.45) is 10.9 Å². The molecule has 1 fully saturated rings. The van der Waals surface area contributed by atoms with Crippen LogP contribution in [0.4, 0.5) is 8.78 Å². The maximum atomic E-state index is 14.2. The molecule has 0 aliphatic heterocycles. The predicted molar refractivity (Wildman–Crippen MR) is 99.7 cm³/mol. The molecule has 3 nitrogen and oxygen atoms in total. The first-order valence-corrected chi connectivity index (χ1v) is 9.72. The highest BCUT2D eigenvalue weighted by atomic mass is 35.5. The molecule has 0 spiro atoms. The lowest BCUT2D eigenvalue weighted by molar-refractivity contribution is 0.0993. The van der Waals surface area contributed by atoms with Gasteiger partial charge in [0.1, 0.15) is 10.8 Å². The maximum absolute atomic E-state index is 14.2. The molecular weight excluding hydrogens is 378 g/mol. The first kappa shape index (κ1) is 19.2. The molecule has 3 rings (SSSR count). The summed E-state index contributed by atoms with van der Waals surface area (Å²) in [5.41, 5.74) is 0.678. The van der Waals surface area contributed by atoms with E-state index in [0.29, 0.717) is 10.7 Å². The van der Waals surface area contributed by atoms with Gasteiger partial charge in [-0.2, -0.15) is 4.99 Å². The fraction of sp³-hybridized carbons (Fsp3) is 0.474. The number of hydrogen-bond acceptors (Lipinski definition) is 2. The molecule has 0 unspecified atom stereocenters. The monoisotopic (exact) mass is 398 g/mol. The number of carbonyl (C=O) groups is 1. The number of halogens is 3. The number of nitrogens with zero attached hydrogens (tertiary/aromatic N) is 2. The van der Waals surface area contributed by atoms with Crippen molar-refractivity contribution < 1.29 is 13.6 Å². The normalized spacial score (nSPS) is 15.6. The largest absolute Gasteiger partial charge is 0.320 e. The van der Waals surface area contributed by atoms with E-state index in [1.54, 1.807) is 0 Å². The molecule has 0 atom stereocenters. The summed E-state index contributed by atoms with van der Waals surface area (Å²) >= 11 is 7.03. The second kappa shape index (κ2) is 6.89. The average Bonchev–Trinajstić information content (AvgIpc) is 3.31. The van der Waals surface area contributed by atoms with Crippen LogP contribution < -0.4 is 4.80 Å². The van der Waals surface area contributed by atoms with Gasteiger partial charge in [-0.15, -0.1) is 11.3 Å². The number of thiazole rings is 1. The second-order valence-electron chi connectivity index (χ2n) is 7.74. The minimum Gasteiger partial charge on any atom is -0.320 e. The number of hydrogen-bond donors (Lipinski definition) is 0. The minimum atomic E-state index is -1.07. The lowest BCUT2D eigenvalue weighted by atomic mass is 9.93. The van der Waals surface area contributed by atoms with Crippen molar-refractivity contribution in [3.63, 3.8) is 0 Å². The standard InChI is InChI=1S/C19H21ClF2N2OS/c1-10-16(19(2,3)4)26-18(24(10)9-11-5-6-11)23-17(25)12-7-8-13(21)14(20)15(12)22/h7-8,11H,5-6,9H2,1-4H3/b23-18-. The summed E-state index contributed by atoms with van der Waals surface area (Å²) < 4.78 is 29.5. The van der Waals surface area contributed by atoms with Gasteiger partial charge in [-0.1, -0.05) is 32.4 Å². The van der Waals surface area contributed by atoms with Crippen LogP contribution in [0.15, 0.2) is 17.1 Å². The Hall–Kier alpha value is -1.53. The van der Waals surface area contributed by atoms with E-state index in [4.69, 9.17) is 11.6 Å². The summed E-state index contributed by atoms with van der Waals surface area (Å²) in [5.74, 6) is -2.12. The molecule has 26 heavy (non-hydrogen) atoms. The van der Waals surface area contributed by atoms with Crippen LogP contribution in [0.2, 0.25) is 5.02 Å². The zero-order valence-corrected chi connectivity index (χ0v) is 16.8. The molecular formula is C19H21ClF2N2OS. The van der Waals surface area contributed by atoms with E-state index in [2.05, 4.69) is 25.8 Å². The minimum absolute atomic E-state index is 0.0820. The SMILES string of the molecule is Cc1c(C(C)(C)C)s/c(=N\C(=O)c2ccc(F)c(Cl)c2F)n1CC1CC1. The predicted octanol–water partition coefficient (Wildman–Crippen LogP) is 5.24. The number of rotatable bonds is 3. The Balaban J connectivity index is 2.10. The second-order valence-corrected chi connectivity index (χ2v) is 9.10. The van der Waals surface area contributed by atoms with Gasteiger partial charge in [0.05, 0.1) is 5.56 Å². The molecule has 140 valence electrons. The van der Waals surface area contributed by atoms with E-state index in [1.165, 1.54) is 24.2 Å². The fourth-order valence-corrected chi connectivity index (χ4v) is 4.24. The van der Waals surface area contributed by atoms with Crippen molar-refractivity contribution in [1.82, 2.24) is 4.57 Å². The van der Waals surface area contributed by atoms with Gasteiger partial charge in [0.15, 0.2) is 10.6 Å². The van der Waals surface area contributed by atoms with E-state index in [9.17, 15) is 13.6 Å². The summed E-state index contributed by atoms with van der Waals surface area (Å²) in [6.45, 7) is 9.16. The third-order valence-electron chi connectivity index (χ3n) is 4.44. The zero-order valence-electron chi connectivity index (χ0n) is 15.2. The fourth-order valence-electron chi connectivity index (χ4n) is 2.88. The molecule has 0 saturated heterocycles. The first-order valence-electron chi connectivity index (χ1n) is 8.53.